The first-order valence-electron chi connectivity index (χ1n) is 12.5. The number of fused-ring (bicyclic) bond motifs is 1. The molecular formula is C31H29FN2O4. The highest BCUT2D eigenvalue weighted by atomic mass is 19.1. The van der Waals surface area contributed by atoms with Gasteiger partial charge in [0.25, 0.3) is 5.91 Å². The number of carbonyl (C=O) groups is 3. The molecule has 194 valence electrons. The molecule has 0 aliphatic rings. The molecule has 4 aromatic rings. The number of carboxylic acids is 1. The molecule has 2 amide bonds. The Hall–Kier alpha value is -4.52. The van der Waals surface area contributed by atoms with Crippen molar-refractivity contribution in [3.63, 3.8) is 0 Å². The minimum atomic E-state index is -0.882. The van der Waals surface area contributed by atoms with Crippen LogP contribution >= 0.6 is 0 Å². The smallest absolute Gasteiger partial charge is 0.303 e. The lowest BCUT2D eigenvalue weighted by atomic mass is 9.94. The quantitative estimate of drug-likeness (QED) is 0.241. The Balaban J connectivity index is 1.54. The molecule has 0 fully saturated rings. The van der Waals surface area contributed by atoms with Gasteiger partial charge in [-0.1, -0.05) is 66.7 Å². The van der Waals surface area contributed by atoms with Crippen LogP contribution in [0.4, 0.5) is 10.1 Å². The number of aryl methyl sites for hydroxylation is 1. The van der Waals surface area contributed by atoms with E-state index in [0.29, 0.717) is 24.1 Å². The van der Waals surface area contributed by atoms with E-state index in [0.717, 1.165) is 21.9 Å². The van der Waals surface area contributed by atoms with Crippen molar-refractivity contribution in [2.24, 2.45) is 0 Å². The molecule has 0 spiro atoms. The van der Waals surface area contributed by atoms with Crippen molar-refractivity contribution in [2.45, 2.75) is 38.6 Å². The van der Waals surface area contributed by atoms with Crippen molar-refractivity contribution in [3.8, 4) is 0 Å². The lowest BCUT2D eigenvalue weighted by molar-refractivity contribution is -0.137. The Morgan fingerprint density at radius 2 is 1.66 bits per heavy atom. The van der Waals surface area contributed by atoms with Crippen LogP contribution in [0, 0.1) is 5.82 Å². The first-order valence-corrected chi connectivity index (χ1v) is 12.5. The number of carbonyl (C=O) groups excluding carboxylic acids is 2. The van der Waals surface area contributed by atoms with Crippen LogP contribution in [-0.2, 0) is 22.6 Å². The van der Waals surface area contributed by atoms with Crippen molar-refractivity contribution >= 4 is 34.2 Å². The molecule has 1 atom stereocenters. The summed E-state index contributed by atoms with van der Waals surface area (Å²) < 4.78 is 14.0. The number of hydrogen-bond acceptors (Lipinski definition) is 3. The first-order chi connectivity index (χ1) is 18.3. The zero-order chi connectivity index (χ0) is 27.1. The van der Waals surface area contributed by atoms with E-state index < -0.39 is 23.6 Å². The SMILES string of the molecule is CC(C(=O)Nc1cc(CNC(=O)c2ccccc2F)ccc1CCCC(=O)O)c1cccc2ccccc12. The number of benzene rings is 4. The summed E-state index contributed by atoms with van der Waals surface area (Å²) in [4.78, 5) is 36.8. The van der Waals surface area contributed by atoms with Gasteiger partial charge in [-0.2, -0.15) is 0 Å². The van der Waals surface area contributed by atoms with E-state index in [2.05, 4.69) is 10.6 Å². The third-order valence-electron chi connectivity index (χ3n) is 6.52. The second kappa shape index (κ2) is 12.1. The van der Waals surface area contributed by atoms with Crippen molar-refractivity contribution in [1.82, 2.24) is 5.32 Å². The second-order valence-electron chi connectivity index (χ2n) is 9.18. The Bertz CT molecular complexity index is 1480. The van der Waals surface area contributed by atoms with Crippen LogP contribution in [0.15, 0.2) is 84.9 Å². The highest BCUT2D eigenvalue weighted by Gasteiger charge is 2.19. The van der Waals surface area contributed by atoms with Gasteiger partial charge in [0.2, 0.25) is 5.91 Å². The molecule has 1 unspecified atom stereocenters. The van der Waals surface area contributed by atoms with Gasteiger partial charge < -0.3 is 15.7 Å². The number of aliphatic carboxylic acids is 1. The summed E-state index contributed by atoms with van der Waals surface area (Å²) >= 11 is 0. The number of carboxylic acid groups (broad SMARTS) is 1. The van der Waals surface area contributed by atoms with E-state index in [9.17, 15) is 18.8 Å². The minimum absolute atomic E-state index is 0.0141. The van der Waals surface area contributed by atoms with E-state index in [1.807, 2.05) is 61.5 Å². The highest BCUT2D eigenvalue weighted by molar-refractivity contribution is 6.00. The molecule has 38 heavy (non-hydrogen) atoms. The van der Waals surface area contributed by atoms with Gasteiger partial charge in [-0.05, 0) is 65.4 Å². The summed E-state index contributed by atoms with van der Waals surface area (Å²) in [6, 6.07) is 24.9. The molecule has 4 aromatic carbocycles. The topological polar surface area (TPSA) is 95.5 Å². The molecule has 0 aliphatic heterocycles. The maximum Gasteiger partial charge on any atom is 0.303 e. The third-order valence-corrected chi connectivity index (χ3v) is 6.52. The number of rotatable bonds is 10. The maximum atomic E-state index is 14.0. The van der Waals surface area contributed by atoms with Crippen molar-refractivity contribution in [1.29, 1.82) is 0 Å². The molecule has 0 bridgehead atoms. The van der Waals surface area contributed by atoms with Crippen molar-refractivity contribution < 1.29 is 23.9 Å². The fourth-order valence-corrected chi connectivity index (χ4v) is 4.43. The summed E-state index contributed by atoms with van der Waals surface area (Å²) in [6.45, 7) is 1.98. The van der Waals surface area contributed by atoms with Crippen LogP contribution in [-0.4, -0.2) is 22.9 Å². The second-order valence-corrected chi connectivity index (χ2v) is 9.18. The Kier molecular flexibility index (Phi) is 8.48. The van der Waals surface area contributed by atoms with E-state index in [-0.39, 0.29) is 24.4 Å². The first kappa shape index (κ1) is 26.5. The van der Waals surface area contributed by atoms with Gasteiger partial charge in [-0.25, -0.2) is 4.39 Å². The van der Waals surface area contributed by atoms with Crippen LogP contribution in [0.5, 0.6) is 0 Å². The summed E-state index contributed by atoms with van der Waals surface area (Å²) in [5, 5.41) is 16.8. The molecular weight excluding hydrogens is 483 g/mol. The van der Waals surface area contributed by atoms with Crippen LogP contribution in [0.3, 0.4) is 0 Å². The van der Waals surface area contributed by atoms with Crippen molar-refractivity contribution in [3.05, 3.63) is 113 Å². The highest BCUT2D eigenvalue weighted by Crippen LogP contribution is 2.28. The molecule has 0 aromatic heterocycles. The molecule has 6 nitrogen and oxygen atoms in total. The Labute approximate surface area is 220 Å². The summed E-state index contributed by atoms with van der Waals surface area (Å²) in [6.07, 6.45) is 0.896. The zero-order valence-corrected chi connectivity index (χ0v) is 21.0. The lowest BCUT2D eigenvalue weighted by Gasteiger charge is -2.18. The summed E-state index contributed by atoms with van der Waals surface area (Å²) in [7, 11) is 0. The molecule has 0 heterocycles. The number of nitrogens with one attached hydrogen (secondary N) is 2. The van der Waals surface area contributed by atoms with Gasteiger partial charge in [-0.15, -0.1) is 0 Å². The molecule has 0 radical (unpaired) electrons. The normalized spacial score (nSPS) is 11.6. The number of hydrogen-bond donors (Lipinski definition) is 3. The number of halogens is 1. The number of anilines is 1. The lowest BCUT2D eigenvalue weighted by Crippen LogP contribution is -2.24. The minimum Gasteiger partial charge on any atom is -0.481 e. The van der Waals surface area contributed by atoms with Gasteiger partial charge >= 0.3 is 5.97 Å². The fraction of sp³-hybridized carbons (Fsp3) is 0.194. The van der Waals surface area contributed by atoms with Crippen LogP contribution in [0.25, 0.3) is 10.8 Å². The zero-order valence-electron chi connectivity index (χ0n) is 21.0. The predicted molar refractivity (Wildman–Crippen MR) is 146 cm³/mol. The predicted octanol–water partition coefficient (Wildman–Crippen LogP) is 6.06. The average molecular weight is 513 g/mol. The summed E-state index contributed by atoms with van der Waals surface area (Å²) in [5.74, 6) is -2.67. The largest absolute Gasteiger partial charge is 0.481 e. The van der Waals surface area contributed by atoms with Crippen molar-refractivity contribution in [2.75, 3.05) is 5.32 Å². The van der Waals surface area contributed by atoms with Crippen LogP contribution in [0.1, 0.15) is 52.7 Å². The standard InChI is InChI=1S/C31H29FN2O4/c1-20(24-13-6-9-22-8-2-3-11-25(22)24)30(37)34-28-18-21(16-17-23(28)10-7-15-29(35)36)19-33-31(38)26-12-4-5-14-27(26)32/h2-6,8-9,11-14,16-18,20H,7,10,15,19H2,1H3,(H,33,38)(H,34,37)(H,35,36). The van der Waals surface area contributed by atoms with E-state index in [1.54, 1.807) is 12.1 Å². The fourth-order valence-electron chi connectivity index (χ4n) is 4.43. The number of amides is 2. The summed E-state index contributed by atoms with van der Waals surface area (Å²) in [5.41, 5.74) is 2.93. The van der Waals surface area contributed by atoms with E-state index in [4.69, 9.17) is 5.11 Å². The molecule has 3 N–H and O–H groups in total. The molecule has 0 saturated carbocycles. The van der Waals surface area contributed by atoms with E-state index in [1.165, 1.54) is 18.2 Å². The van der Waals surface area contributed by atoms with Crippen LogP contribution < -0.4 is 10.6 Å². The van der Waals surface area contributed by atoms with Gasteiger partial charge in [-0.3, -0.25) is 14.4 Å². The van der Waals surface area contributed by atoms with Gasteiger partial charge in [0.1, 0.15) is 5.82 Å². The molecule has 0 saturated heterocycles. The molecule has 0 aliphatic carbocycles. The molecule has 7 heteroatoms. The average Bonchev–Trinajstić information content (AvgIpc) is 2.92. The Morgan fingerprint density at radius 1 is 0.921 bits per heavy atom. The van der Waals surface area contributed by atoms with E-state index >= 15 is 0 Å². The van der Waals surface area contributed by atoms with Gasteiger partial charge in [0.15, 0.2) is 0 Å². The third kappa shape index (κ3) is 6.42. The van der Waals surface area contributed by atoms with Gasteiger partial charge in [0, 0.05) is 18.7 Å². The monoisotopic (exact) mass is 512 g/mol. The van der Waals surface area contributed by atoms with Crippen LogP contribution in [0.2, 0.25) is 0 Å². The molecule has 4 rings (SSSR count). The maximum absolute atomic E-state index is 14.0. The van der Waals surface area contributed by atoms with Gasteiger partial charge in [0.05, 0.1) is 11.5 Å². The Morgan fingerprint density at radius 3 is 2.45 bits per heavy atom.